The number of nitriles is 1. The van der Waals surface area contributed by atoms with Gasteiger partial charge >= 0.3 is 0 Å². The van der Waals surface area contributed by atoms with Crippen molar-refractivity contribution in [3.63, 3.8) is 0 Å². The number of benzene rings is 2. The van der Waals surface area contributed by atoms with Crippen LogP contribution in [0.2, 0.25) is 10.0 Å². The third-order valence-corrected chi connectivity index (χ3v) is 3.70. The summed E-state index contributed by atoms with van der Waals surface area (Å²) in [5.74, 6) is 0. The molecule has 0 heterocycles. The summed E-state index contributed by atoms with van der Waals surface area (Å²) in [6.45, 7) is 1.98. The highest BCUT2D eigenvalue weighted by atomic mass is 35.5. The molecule has 2 rings (SSSR count). The number of hydrogen-bond acceptors (Lipinski definition) is 2. The van der Waals surface area contributed by atoms with Crippen molar-refractivity contribution in [2.24, 2.45) is 0 Å². The number of nitrogens with one attached hydrogen (secondary N) is 1. The molecule has 0 aliphatic heterocycles. The Hall–Kier alpha value is -1.69. The highest BCUT2D eigenvalue weighted by Crippen LogP contribution is 2.31. The zero-order valence-corrected chi connectivity index (χ0v) is 11.8. The summed E-state index contributed by atoms with van der Waals surface area (Å²) < 4.78 is 0. The third kappa shape index (κ3) is 3.01. The molecule has 0 aliphatic carbocycles. The van der Waals surface area contributed by atoms with Gasteiger partial charge in [-0.05, 0) is 30.7 Å². The Labute approximate surface area is 122 Å². The molecule has 0 saturated heterocycles. The summed E-state index contributed by atoms with van der Waals surface area (Å²) in [7, 11) is 0. The van der Waals surface area contributed by atoms with E-state index in [4.69, 9.17) is 28.5 Å². The van der Waals surface area contributed by atoms with E-state index in [0.29, 0.717) is 15.6 Å². The van der Waals surface area contributed by atoms with Gasteiger partial charge in [0.1, 0.15) is 6.07 Å². The maximum Gasteiger partial charge on any atom is 0.101 e. The lowest BCUT2D eigenvalue weighted by Gasteiger charge is -2.18. The molecule has 2 aromatic carbocycles. The van der Waals surface area contributed by atoms with E-state index in [1.54, 1.807) is 12.1 Å². The van der Waals surface area contributed by atoms with Crippen LogP contribution in [-0.4, -0.2) is 0 Å². The lowest BCUT2D eigenvalue weighted by Crippen LogP contribution is -2.08. The molecule has 0 saturated carbocycles. The summed E-state index contributed by atoms with van der Waals surface area (Å²) in [6, 6.07) is 15.0. The second-order valence-electron chi connectivity index (χ2n) is 4.17. The van der Waals surface area contributed by atoms with Gasteiger partial charge in [-0.2, -0.15) is 5.26 Å². The van der Waals surface area contributed by atoms with Crippen molar-refractivity contribution in [3.8, 4) is 6.07 Å². The van der Waals surface area contributed by atoms with Crippen LogP contribution >= 0.6 is 23.2 Å². The number of hydrogen-bond donors (Lipinski definition) is 1. The second kappa shape index (κ2) is 5.97. The summed E-state index contributed by atoms with van der Waals surface area (Å²) in [5, 5.41) is 13.4. The van der Waals surface area contributed by atoms with Crippen molar-refractivity contribution in [2.45, 2.75) is 13.0 Å². The van der Waals surface area contributed by atoms with Crippen LogP contribution in [0.1, 0.15) is 24.1 Å². The summed E-state index contributed by atoms with van der Waals surface area (Å²) in [5.41, 5.74) is 2.29. The summed E-state index contributed by atoms with van der Waals surface area (Å²) in [6.07, 6.45) is 0. The van der Waals surface area contributed by atoms with Crippen molar-refractivity contribution in [1.82, 2.24) is 0 Å². The summed E-state index contributed by atoms with van der Waals surface area (Å²) >= 11 is 12.2. The molecule has 0 amide bonds. The van der Waals surface area contributed by atoms with Gasteiger partial charge in [-0.15, -0.1) is 0 Å². The lowest BCUT2D eigenvalue weighted by atomic mass is 10.1. The molecule has 1 atom stereocenters. The molecule has 0 spiro atoms. The van der Waals surface area contributed by atoms with Crippen LogP contribution < -0.4 is 5.32 Å². The van der Waals surface area contributed by atoms with Crippen molar-refractivity contribution in [2.75, 3.05) is 5.32 Å². The van der Waals surface area contributed by atoms with Crippen LogP contribution in [-0.2, 0) is 0 Å². The number of para-hydroxylation sites is 1. The molecule has 96 valence electrons. The Morgan fingerprint density at radius 3 is 2.58 bits per heavy atom. The first kappa shape index (κ1) is 13.7. The minimum atomic E-state index is -0.0410. The molecule has 2 aromatic rings. The average molecular weight is 291 g/mol. The predicted molar refractivity (Wildman–Crippen MR) is 79.7 cm³/mol. The molecule has 1 unspecified atom stereocenters. The van der Waals surface area contributed by atoms with Gasteiger partial charge in [0, 0.05) is 0 Å². The zero-order chi connectivity index (χ0) is 13.8. The van der Waals surface area contributed by atoms with Crippen molar-refractivity contribution >= 4 is 28.9 Å². The summed E-state index contributed by atoms with van der Waals surface area (Å²) in [4.78, 5) is 0. The van der Waals surface area contributed by atoms with Crippen molar-refractivity contribution < 1.29 is 0 Å². The normalized spacial score (nSPS) is 11.7. The first-order chi connectivity index (χ1) is 9.13. The Balaban J connectivity index is 2.29. The minimum Gasteiger partial charge on any atom is -0.377 e. The maximum absolute atomic E-state index is 9.06. The lowest BCUT2D eigenvalue weighted by molar-refractivity contribution is 0.884. The second-order valence-corrected chi connectivity index (χ2v) is 4.95. The van der Waals surface area contributed by atoms with E-state index in [1.807, 2.05) is 37.3 Å². The van der Waals surface area contributed by atoms with Crippen LogP contribution in [0.5, 0.6) is 0 Å². The van der Waals surface area contributed by atoms with Crippen molar-refractivity contribution in [3.05, 3.63) is 63.6 Å². The maximum atomic E-state index is 9.06. The van der Waals surface area contributed by atoms with Crippen molar-refractivity contribution in [1.29, 1.82) is 5.26 Å². The van der Waals surface area contributed by atoms with Crippen LogP contribution in [0.4, 0.5) is 5.69 Å². The van der Waals surface area contributed by atoms with Crippen LogP contribution in [0, 0.1) is 11.3 Å². The van der Waals surface area contributed by atoms with Gasteiger partial charge in [-0.25, -0.2) is 0 Å². The van der Waals surface area contributed by atoms with Gasteiger partial charge in [-0.3, -0.25) is 0 Å². The molecule has 0 fully saturated rings. The fourth-order valence-electron chi connectivity index (χ4n) is 1.87. The van der Waals surface area contributed by atoms with E-state index in [1.165, 1.54) is 0 Å². The van der Waals surface area contributed by atoms with Gasteiger partial charge in [0.15, 0.2) is 0 Å². The standard InChI is InChI=1S/C15H12Cl2N2/c1-10(12-6-4-7-13(16)15(12)17)19-14-8-3-2-5-11(14)9-18/h2-8,10,19H,1H3. The number of halogens is 2. The monoisotopic (exact) mass is 290 g/mol. The Morgan fingerprint density at radius 2 is 1.84 bits per heavy atom. The first-order valence-electron chi connectivity index (χ1n) is 5.83. The molecular weight excluding hydrogens is 279 g/mol. The van der Waals surface area contributed by atoms with Gasteiger partial charge in [-0.1, -0.05) is 47.5 Å². The van der Waals surface area contributed by atoms with Gasteiger partial charge in [0.25, 0.3) is 0 Å². The van der Waals surface area contributed by atoms with E-state index in [0.717, 1.165) is 11.3 Å². The van der Waals surface area contributed by atoms with Crippen LogP contribution in [0.15, 0.2) is 42.5 Å². The van der Waals surface area contributed by atoms with E-state index < -0.39 is 0 Å². The van der Waals surface area contributed by atoms with Crippen LogP contribution in [0.25, 0.3) is 0 Å². The topological polar surface area (TPSA) is 35.8 Å². The van der Waals surface area contributed by atoms with E-state index in [-0.39, 0.29) is 6.04 Å². The average Bonchev–Trinajstić information content (AvgIpc) is 2.42. The molecule has 4 heteroatoms. The predicted octanol–water partition coefficient (Wildman–Crippen LogP) is 5.04. The molecule has 0 bridgehead atoms. The largest absolute Gasteiger partial charge is 0.377 e. The molecule has 19 heavy (non-hydrogen) atoms. The highest BCUT2D eigenvalue weighted by molar-refractivity contribution is 6.42. The number of rotatable bonds is 3. The smallest absolute Gasteiger partial charge is 0.101 e. The Kier molecular flexibility index (Phi) is 4.31. The molecule has 0 aromatic heterocycles. The first-order valence-corrected chi connectivity index (χ1v) is 6.58. The fraction of sp³-hybridized carbons (Fsp3) is 0.133. The minimum absolute atomic E-state index is 0.0410. The third-order valence-electron chi connectivity index (χ3n) is 2.87. The molecule has 1 N–H and O–H groups in total. The SMILES string of the molecule is CC(Nc1ccccc1C#N)c1cccc(Cl)c1Cl. The molecule has 0 radical (unpaired) electrons. The van der Waals surface area contributed by atoms with Gasteiger partial charge in [0.05, 0.1) is 27.3 Å². The molecule has 2 nitrogen and oxygen atoms in total. The number of nitrogens with zero attached hydrogens (tertiary/aromatic N) is 1. The van der Waals surface area contributed by atoms with E-state index in [2.05, 4.69) is 11.4 Å². The quantitative estimate of drug-likeness (QED) is 0.860. The fourth-order valence-corrected chi connectivity index (χ4v) is 2.34. The molecule has 0 aliphatic rings. The van der Waals surface area contributed by atoms with Gasteiger partial charge in [0.2, 0.25) is 0 Å². The van der Waals surface area contributed by atoms with Gasteiger partial charge < -0.3 is 5.32 Å². The Morgan fingerprint density at radius 1 is 1.11 bits per heavy atom. The Bertz CT molecular complexity index is 632. The highest BCUT2D eigenvalue weighted by Gasteiger charge is 2.12. The molecular formula is C15H12Cl2N2. The number of anilines is 1. The zero-order valence-electron chi connectivity index (χ0n) is 10.3. The van der Waals surface area contributed by atoms with E-state index in [9.17, 15) is 0 Å². The van der Waals surface area contributed by atoms with E-state index >= 15 is 0 Å². The van der Waals surface area contributed by atoms with Crippen LogP contribution in [0.3, 0.4) is 0 Å².